The molecule has 1 aliphatic heterocycles. The van der Waals surface area contributed by atoms with Crippen LogP contribution >= 0.6 is 11.8 Å². The van der Waals surface area contributed by atoms with Gasteiger partial charge < -0.3 is 5.11 Å². The number of aliphatic hydroxyl groups excluding tert-OH is 1. The molecule has 0 bridgehead atoms. The summed E-state index contributed by atoms with van der Waals surface area (Å²) in [5.74, 6) is -0.0775. The van der Waals surface area contributed by atoms with E-state index in [0.29, 0.717) is 12.8 Å². The van der Waals surface area contributed by atoms with Gasteiger partial charge in [0.05, 0.1) is 12.6 Å². The summed E-state index contributed by atoms with van der Waals surface area (Å²) >= 11 is 1.51. The molecule has 1 saturated heterocycles. The van der Waals surface area contributed by atoms with Gasteiger partial charge in [-0.1, -0.05) is 19.3 Å². The Balaban J connectivity index is 2.11. The highest BCUT2D eigenvalue weighted by Crippen LogP contribution is 2.45. The lowest BCUT2D eigenvalue weighted by atomic mass is 9.67. The highest BCUT2D eigenvalue weighted by atomic mass is 32.2. The summed E-state index contributed by atoms with van der Waals surface area (Å²) in [6, 6.07) is -0.226. The second-order valence-electron chi connectivity index (χ2n) is 6.27. The Labute approximate surface area is 125 Å². The summed E-state index contributed by atoms with van der Waals surface area (Å²) in [6.45, 7) is 1.86. The molecule has 1 aliphatic carbocycles. The number of aliphatic hydroxyl groups is 1. The number of piperidine rings is 1. The highest BCUT2D eigenvalue weighted by Gasteiger charge is 2.46. The molecule has 0 aromatic carbocycles. The summed E-state index contributed by atoms with van der Waals surface area (Å²) in [4.78, 5) is 26.4. The fraction of sp³-hybridized carbons (Fsp3) is 0.867. The van der Waals surface area contributed by atoms with Gasteiger partial charge in [-0.25, -0.2) is 0 Å². The number of hydrogen-bond acceptors (Lipinski definition) is 4. The van der Waals surface area contributed by atoms with E-state index in [1.165, 1.54) is 23.1 Å². The maximum Gasteiger partial charge on any atom is 0.230 e. The van der Waals surface area contributed by atoms with Gasteiger partial charge in [0.15, 0.2) is 0 Å². The molecule has 0 aromatic rings. The molecule has 4 nitrogen and oxygen atoms in total. The van der Waals surface area contributed by atoms with Crippen LogP contribution in [0.15, 0.2) is 0 Å². The van der Waals surface area contributed by atoms with Crippen molar-refractivity contribution in [1.29, 1.82) is 0 Å². The van der Waals surface area contributed by atoms with Gasteiger partial charge in [0.1, 0.15) is 0 Å². The van der Waals surface area contributed by atoms with Crippen LogP contribution in [0, 0.1) is 5.41 Å². The van der Waals surface area contributed by atoms with E-state index in [0.717, 1.165) is 25.7 Å². The van der Waals surface area contributed by atoms with Crippen LogP contribution in [-0.2, 0) is 9.59 Å². The van der Waals surface area contributed by atoms with Crippen molar-refractivity contribution in [2.24, 2.45) is 5.41 Å². The first-order valence-corrected chi connectivity index (χ1v) is 8.80. The van der Waals surface area contributed by atoms with E-state index >= 15 is 0 Å². The van der Waals surface area contributed by atoms with Crippen molar-refractivity contribution in [2.45, 2.75) is 63.2 Å². The number of rotatable bonds is 4. The van der Waals surface area contributed by atoms with E-state index in [-0.39, 0.29) is 35.1 Å². The Hall–Kier alpha value is -0.550. The van der Waals surface area contributed by atoms with E-state index in [4.69, 9.17) is 0 Å². The number of imide groups is 1. The molecule has 1 N–H and O–H groups in total. The normalized spacial score (nSPS) is 25.9. The zero-order valence-electron chi connectivity index (χ0n) is 12.4. The Bertz CT molecular complexity index is 355. The Morgan fingerprint density at radius 2 is 1.75 bits per heavy atom. The zero-order valence-corrected chi connectivity index (χ0v) is 13.2. The van der Waals surface area contributed by atoms with E-state index in [1.807, 2.05) is 13.2 Å². The third-order valence-electron chi connectivity index (χ3n) is 4.93. The summed E-state index contributed by atoms with van der Waals surface area (Å²) in [7, 11) is 0. The number of nitrogens with zero attached hydrogens (tertiary/aromatic N) is 1. The summed E-state index contributed by atoms with van der Waals surface area (Å²) in [6.07, 6.45) is 8.45. The van der Waals surface area contributed by atoms with Gasteiger partial charge in [0, 0.05) is 18.1 Å². The number of likely N-dealkylation sites (tertiary alicyclic amines) is 1. The molecular weight excluding hydrogens is 274 g/mol. The third kappa shape index (κ3) is 3.03. The molecule has 20 heavy (non-hydrogen) atoms. The Morgan fingerprint density at radius 3 is 2.20 bits per heavy atom. The van der Waals surface area contributed by atoms with Crippen molar-refractivity contribution in [3.8, 4) is 0 Å². The first kappa shape index (κ1) is 15.8. The summed E-state index contributed by atoms with van der Waals surface area (Å²) in [5.41, 5.74) is -0.0588. The standard InChI is InChI=1S/C15H25NO3S/c1-11(12(10-17)20-2)16-13(18)8-15(9-14(16)19)6-4-3-5-7-15/h11-12,17H,3-10H2,1-2H3. The van der Waals surface area contributed by atoms with Crippen molar-refractivity contribution in [3.63, 3.8) is 0 Å². The van der Waals surface area contributed by atoms with E-state index in [9.17, 15) is 14.7 Å². The van der Waals surface area contributed by atoms with Gasteiger partial charge in [-0.2, -0.15) is 11.8 Å². The number of thioether (sulfide) groups is 1. The lowest BCUT2D eigenvalue weighted by Crippen LogP contribution is -2.55. The third-order valence-corrected chi connectivity index (χ3v) is 6.08. The van der Waals surface area contributed by atoms with Crippen LogP contribution in [0.4, 0.5) is 0 Å². The zero-order chi connectivity index (χ0) is 14.8. The fourth-order valence-electron chi connectivity index (χ4n) is 3.71. The van der Waals surface area contributed by atoms with Gasteiger partial charge in [-0.15, -0.1) is 0 Å². The van der Waals surface area contributed by atoms with Crippen LogP contribution in [0.1, 0.15) is 51.9 Å². The van der Waals surface area contributed by atoms with Crippen molar-refractivity contribution in [2.75, 3.05) is 12.9 Å². The molecule has 2 atom stereocenters. The van der Waals surface area contributed by atoms with Crippen molar-refractivity contribution >= 4 is 23.6 Å². The van der Waals surface area contributed by atoms with Crippen molar-refractivity contribution < 1.29 is 14.7 Å². The second kappa shape index (κ2) is 6.48. The monoisotopic (exact) mass is 299 g/mol. The first-order chi connectivity index (χ1) is 9.53. The molecule has 2 aliphatic rings. The topological polar surface area (TPSA) is 57.6 Å². The SMILES string of the molecule is CSC(CO)C(C)N1C(=O)CC2(CCCCC2)CC1=O. The van der Waals surface area contributed by atoms with E-state index < -0.39 is 0 Å². The molecule has 1 saturated carbocycles. The predicted octanol–water partition coefficient (Wildman–Crippen LogP) is 2.20. The minimum atomic E-state index is -0.226. The van der Waals surface area contributed by atoms with Gasteiger partial charge in [0.2, 0.25) is 11.8 Å². The Kier molecular flexibility index (Phi) is 5.13. The minimum absolute atomic E-state index is 0.00939. The van der Waals surface area contributed by atoms with Crippen LogP contribution in [-0.4, -0.2) is 46.0 Å². The van der Waals surface area contributed by atoms with Crippen molar-refractivity contribution in [3.05, 3.63) is 0 Å². The number of hydrogen-bond donors (Lipinski definition) is 1. The molecule has 0 aromatic heterocycles. The lowest BCUT2D eigenvalue weighted by Gasteiger charge is -2.44. The van der Waals surface area contributed by atoms with Crippen LogP contribution < -0.4 is 0 Å². The van der Waals surface area contributed by atoms with Gasteiger partial charge in [-0.05, 0) is 31.4 Å². The van der Waals surface area contributed by atoms with E-state index in [1.54, 1.807) is 0 Å². The fourth-order valence-corrected chi connectivity index (χ4v) is 4.38. The molecular formula is C15H25NO3S. The van der Waals surface area contributed by atoms with Crippen LogP contribution in [0.2, 0.25) is 0 Å². The molecule has 1 heterocycles. The highest BCUT2D eigenvalue weighted by molar-refractivity contribution is 7.99. The molecule has 2 rings (SSSR count). The van der Waals surface area contributed by atoms with Crippen LogP contribution in [0.25, 0.3) is 0 Å². The molecule has 2 fully saturated rings. The lowest BCUT2D eigenvalue weighted by molar-refractivity contribution is -0.157. The average Bonchev–Trinajstić information content (AvgIpc) is 2.40. The number of carbonyl (C=O) groups excluding carboxylic acids is 2. The first-order valence-electron chi connectivity index (χ1n) is 7.51. The minimum Gasteiger partial charge on any atom is -0.395 e. The van der Waals surface area contributed by atoms with Crippen LogP contribution in [0.5, 0.6) is 0 Å². The number of amides is 2. The molecule has 5 heteroatoms. The smallest absolute Gasteiger partial charge is 0.230 e. The maximum absolute atomic E-state index is 12.5. The van der Waals surface area contributed by atoms with Gasteiger partial charge >= 0.3 is 0 Å². The van der Waals surface area contributed by atoms with Crippen LogP contribution in [0.3, 0.4) is 0 Å². The predicted molar refractivity (Wildman–Crippen MR) is 80.5 cm³/mol. The van der Waals surface area contributed by atoms with Gasteiger partial charge in [0.25, 0.3) is 0 Å². The molecule has 114 valence electrons. The Morgan fingerprint density at radius 1 is 1.20 bits per heavy atom. The van der Waals surface area contributed by atoms with E-state index in [2.05, 4.69) is 0 Å². The quantitative estimate of drug-likeness (QED) is 0.809. The molecule has 0 radical (unpaired) electrons. The average molecular weight is 299 g/mol. The molecule has 1 spiro atoms. The summed E-state index contributed by atoms with van der Waals surface area (Å²) in [5, 5.41) is 9.28. The molecule has 2 amide bonds. The number of carbonyl (C=O) groups is 2. The molecule has 2 unspecified atom stereocenters. The summed E-state index contributed by atoms with van der Waals surface area (Å²) < 4.78 is 0. The van der Waals surface area contributed by atoms with Crippen molar-refractivity contribution in [1.82, 2.24) is 4.90 Å². The maximum atomic E-state index is 12.5. The largest absolute Gasteiger partial charge is 0.395 e. The second-order valence-corrected chi connectivity index (χ2v) is 7.35. The van der Waals surface area contributed by atoms with Gasteiger partial charge in [-0.3, -0.25) is 14.5 Å².